The van der Waals surface area contributed by atoms with Gasteiger partial charge in [0.2, 0.25) is 0 Å². The summed E-state index contributed by atoms with van der Waals surface area (Å²) in [7, 11) is 5.85. The molecule has 1 aromatic carbocycles. The number of nitrogens with zero attached hydrogens (tertiary/aromatic N) is 4. The standard InChI is InChI=1S/C21H35N5O.HI/c1-22-21(23-12-13-24(2)18-6-4-5-7-18)26-16-14-25(15-17-26)19-8-10-20(27-3)11-9-19;/h8-11,18H,4-7,12-17H2,1-3H3,(H,22,23);1H. The van der Waals surface area contributed by atoms with Gasteiger partial charge in [-0.1, -0.05) is 12.8 Å². The van der Waals surface area contributed by atoms with Crippen LogP contribution in [-0.2, 0) is 0 Å². The molecule has 0 atom stereocenters. The summed E-state index contributed by atoms with van der Waals surface area (Å²) in [6, 6.07) is 9.12. The Kier molecular flexibility index (Phi) is 9.64. The number of hydrogen-bond acceptors (Lipinski definition) is 4. The van der Waals surface area contributed by atoms with Crippen LogP contribution in [0.1, 0.15) is 25.7 Å². The van der Waals surface area contributed by atoms with Crippen LogP contribution in [0.4, 0.5) is 5.69 Å². The molecule has 1 saturated carbocycles. The number of benzene rings is 1. The van der Waals surface area contributed by atoms with E-state index < -0.39 is 0 Å². The van der Waals surface area contributed by atoms with E-state index in [2.05, 4.69) is 44.2 Å². The zero-order valence-corrected chi connectivity index (χ0v) is 19.9. The first-order valence-corrected chi connectivity index (χ1v) is 10.3. The maximum Gasteiger partial charge on any atom is 0.193 e. The van der Waals surface area contributed by atoms with Gasteiger partial charge in [-0.2, -0.15) is 0 Å². The van der Waals surface area contributed by atoms with Gasteiger partial charge in [-0.15, -0.1) is 24.0 Å². The highest BCUT2D eigenvalue weighted by Gasteiger charge is 2.21. The van der Waals surface area contributed by atoms with Crippen molar-refractivity contribution in [3.05, 3.63) is 24.3 Å². The van der Waals surface area contributed by atoms with E-state index in [0.717, 1.165) is 57.0 Å². The van der Waals surface area contributed by atoms with Crippen molar-refractivity contribution >= 4 is 35.6 Å². The molecule has 0 bridgehead atoms. The molecule has 0 radical (unpaired) electrons. The number of halogens is 1. The summed E-state index contributed by atoms with van der Waals surface area (Å²) in [5.41, 5.74) is 1.26. The van der Waals surface area contributed by atoms with Crippen molar-refractivity contribution in [3.8, 4) is 5.75 Å². The largest absolute Gasteiger partial charge is 0.497 e. The van der Waals surface area contributed by atoms with Crippen molar-refractivity contribution < 1.29 is 4.74 Å². The fourth-order valence-electron chi connectivity index (χ4n) is 4.17. The lowest BCUT2D eigenvalue weighted by atomic mass is 10.2. The molecule has 158 valence electrons. The molecule has 1 aliphatic carbocycles. The summed E-state index contributed by atoms with van der Waals surface area (Å²) in [5, 5.41) is 3.56. The summed E-state index contributed by atoms with van der Waals surface area (Å²) in [6.07, 6.45) is 5.50. The molecule has 1 saturated heterocycles. The molecular formula is C21H36IN5O. The second-order valence-electron chi connectivity index (χ2n) is 7.57. The number of ether oxygens (including phenoxy) is 1. The van der Waals surface area contributed by atoms with E-state index in [1.165, 1.54) is 31.4 Å². The second-order valence-corrected chi connectivity index (χ2v) is 7.57. The number of nitrogens with one attached hydrogen (secondary N) is 1. The maximum absolute atomic E-state index is 5.25. The third kappa shape index (κ3) is 6.14. The molecule has 2 fully saturated rings. The Morgan fingerprint density at radius 3 is 2.36 bits per heavy atom. The van der Waals surface area contributed by atoms with Crippen LogP contribution >= 0.6 is 24.0 Å². The second kappa shape index (κ2) is 11.7. The van der Waals surface area contributed by atoms with Gasteiger partial charge in [0.25, 0.3) is 0 Å². The number of aliphatic imine (C=N–C) groups is 1. The molecule has 0 aromatic heterocycles. The summed E-state index contributed by atoms with van der Waals surface area (Å²) in [6.45, 7) is 6.03. The molecule has 28 heavy (non-hydrogen) atoms. The monoisotopic (exact) mass is 501 g/mol. The van der Waals surface area contributed by atoms with Gasteiger partial charge in [0.15, 0.2) is 5.96 Å². The molecule has 2 aliphatic rings. The number of piperazine rings is 1. The maximum atomic E-state index is 5.25. The SMILES string of the molecule is CN=C(NCCN(C)C1CCCC1)N1CCN(c2ccc(OC)cc2)CC1.I. The van der Waals surface area contributed by atoms with Crippen LogP contribution in [-0.4, -0.2) is 82.3 Å². The smallest absolute Gasteiger partial charge is 0.193 e. The molecule has 1 aliphatic heterocycles. The minimum absolute atomic E-state index is 0. The first-order valence-electron chi connectivity index (χ1n) is 10.3. The molecule has 3 rings (SSSR count). The zero-order valence-electron chi connectivity index (χ0n) is 17.6. The molecule has 6 nitrogen and oxygen atoms in total. The van der Waals surface area contributed by atoms with Gasteiger partial charge in [-0.3, -0.25) is 4.99 Å². The quantitative estimate of drug-likeness (QED) is 0.369. The Bertz CT molecular complexity index is 595. The number of guanidine groups is 1. The van der Waals surface area contributed by atoms with Gasteiger partial charge in [0.1, 0.15) is 5.75 Å². The minimum Gasteiger partial charge on any atom is -0.497 e. The minimum atomic E-state index is 0. The van der Waals surface area contributed by atoms with Gasteiger partial charge < -0.3 is 24.8 Å². The van der Waals surface area contributed by atoms with Crippen molar-refractivity contribution in [2.75, 3.05) is 65.4 Å². The van der Waals surface area contributed by atoms with Gasteiger partial charge in [-0.05, 0) is 44.2 Å². The first-order chi connectivity index (χ1) is 13.2. The third-order valence-electron chi connectivity index (χ3n) is 5.92. The molecule has 1 aromatic rings. The molecule has 0 spiro atoms. The van der Waals surface area contributed by atoms with E-state index in [1.807, 2.05) is 19.2 Å². The fraction of sp³-hybridized carbons (Fsp3) is 0.667. The lowest BCUT2D eigenvalue weighted by Crippen LogP contribution is -2.53. The Labute approximate surface area is 187 Å². The number of methoxy groups -OCH3 is 1. The van der Waals surface area contributed by atoms with E-state index in [0.29, 0.717) is 0 Å². The number of likely N-dealkylation sites (N-methyl/N-ethyl adjacent to an activating group) is 1. The van der Waals surface area contributed by atoms with Crippen LogP contribution in [0.15, 0.2) is 29.3 Å². The van der Waals surface area contributed by atoms with Crippen LogP contribution in [0.3, 0.4) is 0 Å². The predicted molar refractivity (Wildman–Crippen MR) is 128 cm³/mol. The Morgan fingerprint density at radius 2 is 1.79 bits per heavy atom. The highest BCUT2D eigenvalue weighted by molar-refractivity contribution is 14.0. The summed E-state index contributed by atoms with van der Waals surface area (Å²) in [4.78, 5) is 11.8. The van der Waals surface area contributed by atoms with Crippen LogP contribution in [0, 0.1) is 0 Å². The van der Waals surface area contributed by atoms with Gasteiger partial charge in [0.05, 0.1) is 7.11 Å². The van der Waals surface area contributed by atoms with Crippen molar-refractivity contribution in [2.24, 2.45) is 4.99 Å². The fourth-order valence-corrected chi connectivity index (χ4v) is 4.17. The summed E-state index contributed by atoms with van der Waals surface area (Å²) < 4.78 is 5.25. The van der Waals surface area contributed by atoms with E-state index in [9.17, 15) is 0 Å². The van der Waals surface area contributed by atoms with Gasteiger partial charge >= 0.3 is 0 Å². The van der Waals surface area contributed by atoms with Gasteiger partial charge in [-0.25, -0.2) is 0 Å². The van der Waals surface area contributed by atoms with Crippen molar-refractivity contribution in [1.29, 1.82) is 0 Å². The van der Waals surface area contributed by atoms with Crippen molar-refractivity contribution in [2.45, 2.75) is 31.7 Å². The molecule has 1 heterocycles. The normalized spacial score (nSPS) is 18.4. The third-order valence-corrected chi connectivity index (χ3v) is 5.92. The average Bonchev–Trinajstić information content (AvgIpc) is 3.26. The molecular weight excluding hydrogens is 465 g/mol. The number of hydrogen-bond donors (Lipinski definition) is 1. The Balaban J connectivity index is 0.00000280. The average molecular weight is 501 g/mol. The van der Waals surface area contributed by atoms with Crippen LogP contribution in [0.2, 0.25) is 0 Å². The molecule has 0 unspecified atom stereocenters. The topological polar surface area (TPSA) is 43.3 Å². The van der Waals surface area contributed by atoms with E-state index >= 15 is 0 Å². The lowest BCUT2D eigenvalue weighted by Gasteiger charge is -2.38. The van der Waals surface area contributed by atoms with Crippen molar-refractivity contribution in [1.82, 2.24) is 15.1 Å². The van der Waals surface area contributed by atoms with Crippen molar-refractivity contribution in [3.63, 3.8) is 0 Å². The highest BCUT2D eigenvalue weighted by atomic mass is 127. The van der Waals surface area contributed by atoms with E-state index in [1.54, 1.807) is 7.11 Å². The first kappa shape index (κ1) is 23.1. The Hall–Kier alpha value is -1.22. The van der Waals surface area contributed by atoms with Gasteiger partial charge in [0, 0.05) is 58.0 Å². The predicted octanol–water partition coefficient (Wildman–Crippen LogP) is 2.89. The molecule has 0 amide bonds. The highest BCUT2D eigenvalue weighted by Crippen LogP contribution is 2.22. The van der Waals surface area contributed by atoms with E-state index in [4.69, 9.17) is 4.74 Å². The summed E-state index contributed by atoms with van der Waals surface area (Å²) in [5.74, 6) is 1.94. The number of rotatable bonds is 6. The van der Waals surface area contributed by atoms with Crippen LogP contribution in [0.25, 0.3) is 0 Å². The zero-order chi connectivity index (χ0) is 19.1. The van der Waals surface area contributed by atoms with Crippen LogP contribution < -0.4 is 15.0 Å². The lowest BCUT2D eigenvalue weighted by molar-refractivity contribution is 0.248. The Morgan fingerprint density at radius 1 is 1.14 bits per heavy atom. The van der Waals surface area contributed by atoms with Crippen LogP contribution in [0.5, 0.6) is 5.75 Å². The summed E-state index contributed by atoms with van der Waals surface area (Å²) >= 11 is 0. The molecule has 7 heteroatoms. The van der Waals surface area contributed by atoms with E-state index in [-0.39, 0.29) is 24.0 Å². The molecule has 1 N–H and O–H groups in total. The number of anilines is 1.